The second-order valence-electron chi connectivity index (χ2n) is 5.17. The van der Waals surface area contributed by atoms with Crippen LogP contribution in [0.2, 0.25) is 0 Å². The normalized spacial score (nSPS) is 16.2. The Morgan fingerprint density at radius 2 is 2.05 bits per heavy atom. The first-order valence-corrected chi connectivity index (χ1v) is 7.02. The van der Waals surface area contributed by atoms with Crippen molar-refractivity contribution in [2.45, 2.75) is 38.3 Å². The third kappa shape index (κ3) is 2.68. The van der Waals surface area contributed by atoms with Crippen molar-refractivity contribution in [3.8, 4) is 0 Å². The van der Waals surface area contributed by atoms with Gasteiger partial charge in [0, 0.05) is 19.1 Å². The highest BCUT2D eigenvalue weighted by molar-refractivity contribution is 5.74. The molecule has 0 unspecified atom stereocenters. The summed E-state index contributed by atoms with van der Waals surface area (Å²) in [6, 6.07) is 8.43. The minimum Gasteiger partial charge on any atom is -0.312 e. The van der Waals surface area contributed by atoms with E-state index in [0.29, 0.717) is 12.6 Å². The molecule has 0 amide bonds. The van der Waals surface area contributed by atoms with Crippen LogP contribution in [-0.2, 0) is 6.54 Å². The molecule has 0 saturated heterocycles. The maximum atomic E-state index is 11.9. The number of aromatic nitrogens is 2. The van der Waals surface area contributed by atoms with Gasteiger partial charge in [0.1, 0.15) is 0 Å². The summed E-state index contributed by atoms with van der Waals surface area (Å²) in [7, 11) is 0. The van der Waals surface area contributed by atoms with E-state index < -0.39 is 0 Å². The Morgan fingerprint density at radius 3 is 2.89 bits per heavy atom. The average Bonchev–Trinajstić information content (AvgIpc) is 2.94. The fourth-order valence-corrected chi connectivity index (χ4v) is 2.86. The Bertz CT molecular complexity index is 614. The van der Waals surface area contributed by atoms with Gasteiger partial charge in [0.15, 0.2) is 0 Å². The Hall–Kier alpha value is -1.68. The summed E-state index contributed by atoms with van der Waals surface area (Å²) >= 11 is 0. The minimum atomic E-state index is -0.0214. The maximum Gasteiger partial charge on any atom is 0.269 e. The fourth-order valence-electron chi connectivity index (χ4n) is 2.86. The van der Waals surface area contributed by atoms with E-state index in [2.05, 4.69) is 10.3 Å². The largest absolute Gasteiger partial charge is 0.312 e. The molecule has 1 fully saturated rings. The van der Waals surface area contributed by atoms with E-state index in [0.717, 1.165) is 17.6 Å². The van der Waals surface area contributed by atoms with Crippen LogP contribution in [0.25, 0.3) is 11.0 Å². The number of hydrogen-bond donors (Lipinski definition) is 1. The molecule has 4 heteroatoms. The number of benzene rings is 1. The lowest BCUT2D eigenvalue weighted by Crippen LogP contribution is -2.32. The van der Waals surface area contributed by atoms with Gasteiger partial charge in [-0.05, 0) is 25.0 Å². The van der Waals surface area contributed by atoms with Gasteiger partial charge in [-0.2, -0.15) is 0 Å². The smallest absolute Gasteiger partial charge is 0.269 e. The molecule has 1 heterocycles. The van der Waals surface area contributed by atoms with Gasteiger partial charge in [0.05, 0.1) is 17.2 Å². The van der Waals surface area contributed by atoms with Crippen molar-refractivity contribution >= 4 is 11.0 Å². The molecule has 1 saturated carbocycles. The van der Waals surface area contributed by atoms with Gasteiger partial charge < -0.3 is 9.88 Å². The molecule has 0 spiro atoms. The molecule has 2 aromatic rings. The molecule has 0 radical (unpaired) electrons. The zero-order valence-electron chi connectivity index (χ0n) is 11.0. The maximum absolute atomic E-state index is 11.9. The van der Waals surface area contributed by atoms with Gasteiger partial charge in [-0.3, -0.25) is 4.79 Å². The van der Waals surface area contributed by atoms with Crippen LogP contribution in [0.5, 0.6) is 0 Å². The lowest BCUT2D eigenvalue weighted by Gasteiger charge is -2.13. The van der Waals surface area contributed by atoms with Crippen LogP contribution in [0.4, 0.5) is 0 Å². The van der Waals surface area contributed by atoms with Gasteiger partial charge in [0.25, 0.3) is 5.56 Å². The van der Waals surface area contributed by atoms with E-state index in [1.165, 1.54) is 31.9 Å². The molecule has 1 aromatic carbocycles. The molecule has 0 atom stereocenters. The van der Waals surface area contributed by atoms with Crippen LogP contribution in [0.15, 0.2) is 35.3 Å². The Balaban J connectivity index is 1.76. The van der Waals surface area contributed by atoms with Crippen molar-refractivity contribution in [3.05, 3.63) is 40.8 Å². The summed E-state index contributed by atoms with van der Waals surface area (Å²) in [6.45, 7) is 1.55. The number of nitrogens with zero attached hydrogens (tertiary/aromatic N) is 2. The molecule has 4 nitrogen and oxygen atoms in total. The number of rotatable bonds is 4. The zero-order chi connectivity index (χ0) is 13.1. The Kier molecular flexibility index (Phi) is 3.60. The van der Waals surface area contributed by atoms with Crippen molar-refractivity contribution in [3.63, 3.8) is 0 Å². The van der Waals surface area contributed by atoms with E-state index >= 15 is 0 Å². The molecule has 0 bridgehead atoms. The van der Waals surface area contributed by atoms with E-state index in [1.54, 1.807) is 0 Å². The van der Waals surface area contributed by atoms with Gasteiger partial charge >= 0.3 is 0 Å². The zero-order valence-corrected chi connectivity index (χ0v) is 11.0. The number of hydrogen-bond acceptors (Lipinski definition) is 3. The van der Waals surface area contributed by atoms with Crippen LogP contribution in [-0.4, -0.2) is 22.1 Å². The van der Waals surface area contributed by atoms with E-state index in [9.17, 15) is 4.79 Å². The molecular weight excluding hydrogens is 238 g/mol. The lowest BCUT2D eigenvalue weighted by atomic mass is 10.2. The molecule has 100 valence electrons. The van der Waals surface area contributed by atoms with Crippen LogP contribution in [0, 0.1) is 0 Å². The third-order valence-electron chi connectivity index (χ3n) is 3.88. The molecule has 0 aliphatic heterocycles. The van der Waals surface area contributed by atoms with Crippen molar-refractivity contribution in [1.82, 2.24) is 14.9 Å². The average molecular weight is 257 g/mol. The third-order valence-corrected chi connectivity index (χ3v) is 3.88. The van der Waals surface area contributed by atoms with Gasteiger partial charge in [-0.15, -0.1) is 0 Å². The first kappa shape index (κ1) is 12.4. The van der Waals surface area contributed by atoms with Crippen molar-refractivity contribution < 1.29 is 0 Å². The van der Waals surface area contributed by atoms with Gasteiger partial charge in [-0.25, -0.2) is 4.98 Å². The highest BCUT2D eigenvalue weighted by Crippen LogP contribution is 2.17. The van der Waals surface area contributed by atoms with Crippen LogP contribution in [0.3, 0.4) is 0 Å². The summed E-state index contributed by atoms with van der Waals surface area (Å²) in [5.74, 6) is 0. The van der Waals surface area contributed by atoms with Crippen molar-refractivity contribution in [1.29, 1.82) is 0 Å². The standard InChI is InChI=1S/C15H19N3O/c19-15-11-17-13-7-3-4-8-14(13)18(15)10-9-16-12-5-1-2-6-12/h3-4,7-8,11-12,16H,1-2,5-6,9-10H2. The van der Waals surface area contributed by atoms with Crippen molar-refractivity contribution in [2.24, 2.45) is 0 Å². The summed E-state index contributed by atoms with van der Waals surface area (Å²) in [4.78, 5) is 16.1. The van der Waals surface area contributed by atoms with Crippen LogP contribution < -0.4 is 10.9 Å². The molecule has 1 aliphatic carbocycles. The molecule has 1 N–H and O–H groups in total. The van der Waals surface area contributed by atoms with E-state index in [4.69, 9.17) is 0 Å². The monoisotopic (exact) mass is 257 g/mol. The molecule has 3 rings (SSSR count). The first-order valence-electron chi connectivity index (χ1n) is 7.02. The Labute approximate surface area is 112 Å². The Morgan fingerprint density at radius 1 is 1.26 bits per heavy atom. The molecule has 19 heavy (non-hydrogen) atoms. The quantitative estimate of drug-likeness (QED) is 0.910. The van der Waals surface area contributed by atoms with Gasteiger partial charge in [-0.1, -0.05) is 25.0 Å². The van der Waals surface area contributed by atoms with Crippen LogP contribution >= 0.6 is 0 Å². The number of para-hydroxylation sites is 2. The van der Waals surface area contributed by atoms with E-state index in [1.807, 2.05) is 28.8 Å². The summed E-state index contributed by atoms with van der Waals surface area (Å²) in [5.41, 5.74) is 1.78. The highest BCUT2D eigenvalue weighted by atomic mass is 16.1. The summed E-state index contributed by atoms with van der Waals surface area (Å²) in [6.07, 6.45) is 6.61. The van der Waals surface area contributed by atoms with Crippen LogP contribution in [0.1, 0.15) is 25.7 Å². The predicted molar refractivity (Wildman–Crippen MR) is 76.3 cm³/mol. The fraction of sp³-hybridized carbons (Fsp3) is 0.467. The number of nitrogens with one attached hydrogen (secondary N) is 1. The van der Waals surface area contributed by atoms with Crippen molar-refractivity contribution in [2.75, 3.05) is 6.54 Å². The first-order chi connectivity index (χ1) is 9.34. The summed E-state index contributed by atoms with van der Waals surface area (Å²) in [5, 5.41) is 3.54. The topological polar surface area (TPSA) is 46.9 Å². The predicted octanol–water partition coefficient (Wildman–Crippen LogP) is 1.93. The highest BCUT2D eigenvalue weighted by Gasteiger charge is 2.13. The second-order valence-corrected chi connectivity index (χ2v) is 5.17. The summed E-state index contributed by atoms with van der Waals surface area (Å²) < 4.78 is 1.81. The molecule has 1 aromatic heterocycles. The lowest BCUT2D eigenvalue weighted by molar-refractivity contribution is 0.496. The van der Waals surface area contributed by atoms with Gasteiger partial charge in [0.2, 0.25) is 0 Å². The number of fused-ring (bicyclic) bond motifs is 1. The minimum absolute atomic E-state index is 0.0214. The van der Waals surface area contributed by atoms with E-state index in [-0.39, 0.29) is 5.56 Å². The molecular formula is C15H19N3O. The SMILES string of the molecule is O=c1cnc2ccccc2n1CCNC1CCCC1. The molecule has 1 aliphatic rings. The second kappa shape index (κ2) is 5.53.